The molecular formula is C6H11NO3. The highest BCUT2D eigenvalue weighted by Crippen LogP contribution is 1.78. The van der Waals surface area contributed by atoms with Crippen molar-refractivity contribution in [2.75, 3.05) is 13.2 Å². The maximum absolute atomic E-state index is 10.3. The Balaban J connectivity index is 3.34. The number of rotatable bonds is 4. The number of aliphatic hydroxyl groups excluding tert-OH is 2. The maximum Gasteiger partial charge on any atom is 0.245 e. The van der Waals surface area contributed by atoms with Crippen LogP contribution in [0.25, 0.3) is 0 Å². The topological polar surface area (TPSA) is 69.6 Å². The van der Waals surface area contributed by atoms with E-state index in [0.717, 1.165) is 0 Å². The predicted molar refractivity (Wildman–Crippen MR) is 36.3 cm³/mol. The average molecular weight is 145 g/mol. The summed E-state index contributed by atoms with van der Waals surface area (Å²) in [5, 5.41) is 19.3. The van der Waals surface area contributed by atoms with E-state index in [4.69, 9.17) is 10.2 Å². The second-order valence-corrected chi connectivity index (χ2v) is 1.77. The molecule has 3 N–H and O–H groups in total. The minimum Gasteiger partial charge on any atom is -0.387 e. The third kappa shape index (κ3) is 4.05. The van der Waals surface area contributed by atoms with Gasteiger partial charge in [0.2, 0.25) is 5.91 Å². The zero-order valence-corrected chi connectivity index (χ0v) is 5.58. The molecule has 4 heteroatoms. The molecule has 0 heterocycles. The minimum atomic E-state index is -0.740. The number of carbonyl (C=O) groups is 1. The fourth-order valence-electron chi connectivity index (χ4n) is 0.358. The molecule has 0 aromatic heterocycles. The zero-order valence-electron chi connectivity index (χ0n) is 5.58. The molecule has 1 atom stereocenters. The largest absolute Gasteiger partial charge is 0.387 e. The first-order chi connectivity index (χ1) is 4.70. The molecule has 0 aliphatic carbocycles. The van der Waals surface area contributed by atoms with Gasteiger partial charge in [-0.05, 0) is 0 Å². The van der Waals surface area contributed by atoms with Crippen LogP contribution in [0.1, 0.15) is 0 Å². The summed E-state index contributed by atoms with van der Waals surface area (Å²) in [5.41, 5.74) is 0. The van der Waals surface area contributed by atoms with E-state index in [0.29, 0.717) is 0 Å². The Kier molecular flexibility index (Phi) is 4.53. The lowest BCUT2D eigenvalue weighted by Crippen LogP contribution is -2.32. The average Bonchev–Trinajstić information content (AvgIpc) is 1.99. The number of hydrogen-bond acceptors (Lipinski definition) is 3. The Labute approximate surface area is 59.2 Å². The zero-order chi connectivity index (χ0) is 7.98. The SMILES string of the molecule is C=C[C@H](O)CNC(=O)CO. The Hall–Kier alpha value is -0.870. The number of aliphatic hydroxyl groups is 2. The molecule has 0 aliphatic heterocycles. The van der Waals surface area contributed by atoms with Crippen molar-refractivity contribution < 1.29 is 15.0 Å². The fourth-order valence-corrected chi connectivity index (χ4v) is 0.358. The maximum atomic E-state index is 10.3. The van der Waals surface area contributed by atoms with Crippen LogP contribution in [0.4, 0.5) is 0 Å². The first-order valence-electron chi connectivity index (χ1n) is 2.89. The van der Waals surface area contributed by atoms with Crippen LogP contribution in [-0.2, 0) is 4.79 Å². The van der Waals surface area contributed by atoms with Gasteiger partial charge in [-0.2, -0.15) is 0 Å². The first-order valence-corrected chi connectivity index (χ1v) is 2.89. The molecule has 0 spiro atoms. The molecule has 4 nitrogen and oxygen atoms in total. The van der Waals surface area contributed by atoms with Crippen molar-refractivity contribution in [3.05, 3.63) is 12.7 Å². The number of carbonyl (C=O) groups excluding carboxylic acids is 1. The summed E-state index contributed by atoms with van der Waals surface area (Å²) >= 11 is 0. The molecule has 0 unspecified atom stereocenters. The van der Waals surface area contributed by atoms with Gasteiger partial charge in [-0.3, -0.25) is 4.79 Å². The van der Waals surface area contributed by atoms with Gasteiger partial charge in [-0.1, -0.05) is 6.08 Å². The van der Waals surface area contributed by atoms with E-state index in [1.165, 1.54) is 6.08 Å². The number of hydrogen-bond donors (Lipinski definition) is 3. The van der Waals surface area contributed by atoms with Gasteiger partial charge in [0.1, 0.15) is 6.61 Å². The van der Waals surface area contributed by atoms with Crippen LogP contribution < -0.4 is 5.32 Å². The van der Waals surface area contributed by atoms with E-state index in [1.54, 1.807) is 0 Å². The highest BCUT2D eigenvalue weighted by Gasteiger charge is 2.00. The van der Waals surface area contributed by atoms with E-state index in [9.17, 15) is 4.79 Å². The summed E-state index contributed by atoms with van der Waals surface area (Å²) in [6.07, 6.45) is 0.563. The molecule has 58 valence electrons. The Bertz CT molecular complexity index is 124. The fraction of sp³-hybridized carbons (Fsp3) is 0.500. The first kappa shape index (κ1) is 9.13. The molecule has 1 amide bonds. The molecule has 0 radical (unpaired) electrons. The summed E-state index contributed by atoms with van der Waals surface area (Å²) in [5.74, 6) is -0.499. The summed E-state index contributed by atoms with van der Waals surface area (Å²) < 4.78 is 0. The van der Waals surface area contributed by atoms with Crippen LogP contribution >= 0.6 is 0 Å². The lowest BCUT2D eigenvalue weighted by Gasteiger charge is -2.04. The van der Waals surface area contributed by atoms with Gasteiger partial charge >= 0.3 is 0 Å². The van der Waals surface area contributed by atoms with Gasteiger partial charge in [0, 0.05) is 6.54 Å². The lowest BCUT2D eigenvalue weighted by atomic mass is 10.3. The molecule has 0 aliphatic rings. The molecular weight excluding hydrogens is 134 g/mol. The molecule has 0 fully saturated rings. The van der Waals surface area contributed by atoms with Crippen molar-refractivity contribution in [2.24, 2.45) is 0 Å². The monoisotopic (exact) mass is 145 g/mol. The van der Waals surface area contributed by atoms with Crippen molar-refractivity contribution in [3.63, 3.8) is 0 Å². The standard InChI is InChI=1S/C6H11NO3/c1-2-5(9)3-7-6(10)4-8/h2,5,8-9H,1,3-4H2,(H,7,10)/t5-/m0/s1. The lowest BCUT2D eigenvalue weighted by molar-refractivity contribution is -0.124. The van der Waals surface area contributed by atoms with Crippen molar-refractivity contribution in [3.8, 4) is 0 Å². The quantitative estimate of drug-likeness (QED) is 0.428. The summed E-state index contributed by atoms with van der Waals surface area (Å²) in [4.78, 5) is 10.3. The Morgan fingerprint density at radius 2 is 2.40 bits per heavy atom. The second kappa shape index (κ2) is 4.96. The van der Waals surface area contributed by atoms with Crippen molar-refractivity contribution in [2.45, 2.75) is 6.10 Å². The predicted octanol–water partition coefficient (Wildman–Crippen LogP) is -1.36. The summed E-state index contributed by atoms with van der Waals surface area (Å²) in [6.45, 7) is 2.85. The van der Waals surface area contributed by atoms with Crippen molar-refractivity contribution in [1.29, 1.82) is 0 Å². The van der Waals surface area contributed by atoms with Crippen LogP contribution in [0, 0.1) is 0 Å². The van der Waals surface area contributed by atoms with E-state index < -0.39 is 18.6 Å². The minimum absolute atomic E-state index is 0.100. The van der Waals surface area contributed by atoms with E-state index >= 15 is 0 Å². The Morgan fingerprint density at radius 3 is 2.80 bits per heavy atom. The molecule has 0 aromatic carbocycles. The number of nitrogens with one attached hydrogen (secondary N) is 1. The van der Waals surface area contributed by atoms with Crippen LogP contribution in [0.3, 0.4) is 0 Å². The van der Waals surface area contributed by atoms with Gasteiger partial charge in [-0.15, -0.1) is 6.58 Å². The summed E-state index contributed by atoms with van der Waals surface area (Å²) in [6, 6.07) is 0. The normalized spacial score (nSPS) is 12.2. The van der Waals surface area contributed by atoms with Crippen LogP contribution in [0.2, 0.25) is 0 Å². The van der Waals surface area contributed by atoms with Gasteiger partial charge in [0.25, 0.3) is 0 Å². The second-order valence-electron chi connectivity index (χ2n) is 1.77. The highest BCUT2D eigenvalue weighted by molar-refractivity contribution is 5.76. The van der Waals surface area contributed by atoms with Gasteiger partial charge in [-0.25, -0.2) is 0 Å². The third-order valence-electron chi connectivity index (χ3n) is 0.924. The van der Waals surface area contributed by atoms with E-state index in [2.05, 4.69) is 11.9 Å². The highest BCUT2D eigenvalue weighted by atomic mass is 16.3. The van der Waals surface area contributed by atoms with Crippen LogP contribution in [-0.4, -0.2) is 35.4 Å². The van der Waals surface area contributed by atoms with E-state index in [1.807, 2.05) is 0 Å². The van der Waals surface area contributed by atoms with Crippen LogP contribution in [0.15, 0.2) is 12.7 Å². The molecule has 0 bridgehead atoms. The molecule has 0 saturated carbocycles. The Morgan fingerprint density at radius 1 is 1.80 bits per heavy atom. The number of amides is 1. The van der Waals surface area contributed by atoms with Gasteiger partial charge < -0.3 is 15.5 Å². The third-order valence-corrected chi connectivity index (χ3v) is 0.924. The molecule has 0 rings (SSSR count). The molecule has 0 aromatic rings. The van der Waals surface area contributed by atoms with Crippen molar-refractivity contribution in [1.82, 2.24) is 5.32 Å². The van der Waals surface area contributed by atoms with Crippen LogP contribution in [0.5, 0.6) is 0 Å². The van der Waals surface area contributed by atoms with Gasteiger partial charge in [0.15, 0.2) is 0 Å². The molecule has 10 heavy (non-hydrogen) atoms. The van der Waals surface area contributed by atoms with E-state index in [-0.39, 0.29) is 6.54 Å². The van der Waals surface area contributed by atoms with Crippen molar-refractivity contribution >= 4 is 5.91 Å². The molecule has 0 saturated heterocycles. The summed E-state index contributed by atoms with van der Waals surface area (Å²) in [7, 11) is 0. The van der Waals surface area contributed by atoms with Gasteiger partial charge in [0.05, 0.1) is 6.10 Å². The smallest absolute Gasteiger partial charge is 0.245 e.